The van der Waals surface area contributed by atoms with Crippen molar-refractivity contribution in [3.63, 3.8) is 0 Å². The number of hydrogen-bond acceptors (Lipinski definition) is 3. The van der Waals surface area contributed by atoms with Crippen LogP contribution in [0.4, 0.5) is 0 Å². The lowest BCUT2D eigenvalue weighted by atomic mass is 10.2. The summed E-state index contributed by atoms with van der Waals surface area (Å²) < 4.78 is 5.63. The fourth-order valence-electron chi connectivity index (χ4n) is 1.21. The minimum absolute atomic E-state index is 0.824. The highest BCUT2D eigenvalue weighted by Gasteiger charge is 2.02. The molecule has 0 fully saturated rings. The van der Waals surface area contributed by atoms with E-state index in [0.717, 1.165) is 50.0 Å². The van der Waals surface area contributed by atoms with E-state index in [4.69, 9.17) is 16.2 Å². The van der Waals surface area contributed by atoms with E-state index in [-0.39, 0.29) is 0 Å². The lowest BCUT2D eigenvalue weighted by Gasteiger charge is -2.11. The predicted octanol–water partition coefficient (Wildman–Crippen LogP) is 2.98. The van der Waals surface area contributed by atoms with Gasteiger partial charge in [0.1, 0.15) is 11.5 Å². The standard InChI is InChI=1S/C12H24N2O/c1-3-5-7-11(9-13)15-12(10-14)8-6-4-2/h9-10H,3-8,13-14H2,1-2H3/b11-9-,12-10-. The highest BCUT2D eigenvalue weighted by molar-refractivity contribution is 4.99. The van der Waals surface area contributed by atoms with Crippen LogP contribution in [0.1, 0.15) is 52.4 Å². The van der Waals surface area contributed by atoms with Crippen LogP contribution in [-0.4, -0.2) is 0 Å². The fourth-order valence-corrected chi connectivity index (χ4v) is 1.21. The zero-order valence-corrected chi connectivity index (χ0v) is 9.96. The molecular weight excluding hydrogens is 188 g/mol. The van der Waals surface area contributed by atoms with Gasteiger partial charge in [0.05, 0.1) is 0 Å². The van der Waals surface area contributed by atoms with Crippen molar-refractivity contribution in [3.8, 4) is 0 Å². The molecule has 0 radical (unpaired) electrons. The van der Waals surface area contributed by atoms with Gasteiger partial charge >= 0.3 is 0 Å². The van der Waals surface area contributed by atoms with E-state index in [2.05, 4.69) is 13.8 Å². The summed E-state index contributed by atoms with van der Waals surface area (Å²) >= 11 is 0. The largest absolute Gasteiger partial charge is 0.463 e. The molecule has 0 amide bonds. The molecule has 0 unspecified atom stereocenters. The molecule has 0 heterocycles. The van der Waals surface area contributed by atoms with Crippen LogP contribution in [0, 0.1) is 0 Å². The van der Waals surface area contributed by atoms with Crippen molar-refractivity contribution in [3.05, 3.63) is 23.9 Å². The Morgan fingerprint density at radius 2 is 1.33 bits per heavy atom. The van der Waals surface area contributed by atoms with Crippen LogP contribution < -0.4 is 11.5 Å². The maximum atomic E-state index is 5.63. The van der Waals surface area contributed by atoms with Gasteiger partial charge in [-0.3, -0.25) is 0 Å². The van der Waals surface area contributed by atoms with Crippen molar-refractivity contribution < 1.29 is 4.74 Å². The number of ether oxygens (including phenoxy) is 1. The average molecular weight is 212 g/mol. The van der Waals surface area contributed by atoms with Gasteiger partial charge < -0.3 is 16.2 Å². The first kappa shape index (κ1) is 13.9. The second-order valence-electron chi connectivity index (χ2n) is 3.58. The van der Waals surface area contributed by atoms with E-state index in [1.54, 1.807) is 0 Å². The Kier molecular flexibility index (Phi) is 8.73. The number of allylic oxidation sites excluding steroid dienone is 2. The first-order chi connectivity index (χ1) is 7.28. The molecule has 88 valence electrons. The predicted molar refractivity (Wildman–Crippen MR) is 64.7 cm³/mol. The van der Waals surface area contributed by atoms with E-state index < -0.39 is 0 Å². The third kappa shape index (κ3) is 6.89. The van der Waals surface area contributed by atoms with Crippen LogP contribution in [-0.2, 0) is 4.74 Å². The molecule has 0 spiro atoms. The summed E-state index contributed by atoms with van der Waals surface area (Å²) in [6.07, 6.45) is 9.29. The molecule has 0 aliphatic carbocycles. The molecule has 0 aromatic rings. The van der Waals surface area contributed by atoms with Gasteiger partial charge in [-0.25, -0.2) is 0 Å². The maximum absolute atomic E-state index is 5.63. The summed E-state index contributed by atoms with van der Waals surface area (Å²) in [5, 5.41) is 0. The van der Waals surface area contributed by atoms with Gasteiger partial charge in [0, 0.05) is 25.2 Å². The van der Waals surface area contributed by atoms with Gasteiger partial charge in [-0.1, -0.05) is 26.7 Å². The molecule has 0 aliphatic rings. The number of hydrogen-bond donors (Lipinski definition) is 2. The second-order valence-corrected chi connectivity index (χ2v) is 3.58. The zero-order valence-electron chi connectivity index (χ0n) is 9.96. The number of unbranched alkanes of at least 4 members (excludes halogenated alkanes) is 2. The van der Waals surface area contributed by atoms with Crippen LogP contribution in [0.2, 0.25) is 0 Å². The van der Waals surface area contributed by atoms with Crippen LogP contribution in [0.15, 0.2) is 23.9 Å². The molecule has 0 atom stereocenters. The van der Waals surface area contributed by atoms with Crippen LogP contribution in [0.25, 0.3) is 0 Å². The first-order valence-electron chi connectivity index (χ1n) is 5.77. The van der Waals surface area contributed by atoms with Gasteiger partial charge in [0.15, 0.2) is 0 Å². The molecule has 0 saturated carbocycles. The van der Waals surface area contributed by atoms with Crippen LogP contribution in [0.5, 0.6) is 0 Å². The Bertz CT molecular complexity index is 188. The quantitative estimate of drug-likeness (QED) is 0.608. The monoisotopic (exact) mass is 212 g/mol. The van der Waals surface area contributed by atoms with E-state index in [9.17, 15) is 0 Å². The molecule has 0 rings (SSSR count). The fraction of sp³-hybridized carbons (Fsp3) is 0.667. The minimum atomic E-state index is 0.824. The van der Waals surface area contributed by atoms with Gasteiger partial charge in [0.2, 0.25) is 0 Å². The summed E-state index contributed by atoms with van der Waals surface area (Å²) in [4.78, 5) is 0. The summed E-state index contributed by atoms with van der Waals surface area (Å²) in [6, 6.07) is 0. The summed E-state index contributed by atoms with van der Waals surface area (Å²) in [5.41, 5.74) is 11.0. The smallest absolute Gasteiger partial charge is 0.119 e. The zero-order chi connectivity index (χ0) is 11.5. The molecule has 0 aromatic heterocycles. The van der Waals surface area contributed by atoms with Gasteiger partial charge in [-0.2, -0.15) is 0 Å². The van der Waals surface area contributed by atoms with Crippen molar-refractivity contribution in [2.45, 2.75) is 52.4 Å². The number of nitrogens with two attached hydrogens (primary N) is 2. The molecule has 3 heteroatoms. The first-order valence-corrected chi connectivity index (χ1v) is 5.77. The second kappa shape index (κ2) is 9.44. The topological polar surface area (TPSA) is 61.3 Å². The van der Waals surface area contributed by atoms with Crippen molar-refractivity contribution in [1.82, 2.24) is 0 Å². The lowest BCUT2D eigenvalue weighted by molar-refractivity contribution is 0.270. The van der Waals surface area contributed by atoms with Crippen LogP contribution >= 0.6 is 0 Å². The van der Waals surface area contributed by atoms with Gasteiger partial charge in [-0.05, 0) is 12.8 Å². The summed E-state index contributed by atoms with van der Waals surface area (Å²) in [6.45, 7) is 4.29. The molecule has 4 N–H and O–H groups in total. The normalized spacial score (nSPS) is 12.9. The van der Waals surface area contributed by atoms with Crippen molar-refractivity contribution >= 4 is 0 Å². The van der Waals surface area contributed by atoms with E-state index in [1.807, 2.05) is 0 Å². The molecule has 0 saturated heterocycles. The van der Waals surface area contributed by atoms with E-state index in [0.29, 0.717) is 0 Å². The van der Waals surface area contributed by atoms with Gasteiger partial charge in [-0.15, -0.1) is 0 Å². The lowest BCUT2D eigenvalue weighted by Crippen LogP contribution is -2.00. The number of rotatable bonds is 8. The summed E-state index contributed by atoms with van der Waals surface area (Å²) in [7, 11) is 0. The molecule has 0 bridgehead atoms. The molecule has 0 aromatic carbocycles. The molecule has 15 heavy (non-hydrogen) atoms. The Balaban J connectivity index is 4.02. The molecule has 0 aliphatic heterocycles. The third-order valence-electron chi connectivity index (χ3n) is 2.19. The SMILES string of the molecule is CCCC/C(=C/N)O/C(=C\N)CCCC. The molecule has 3 nitrogen and oxygen atoms in total. The Morgan fingerprint density at radius 1 is 0.933 bits per heavy atom. The van der Waals surface area contributed by atoms with Crippen molar-refractivity contribution in [2.75, 3.05) is 0 Å². The maximum Gasteiger partial charge on any atom is 0.119 e. The van der Waals surface area contributed by atoms with E-state index >= 15 is 0 Å². The Morgan fingerprint density at radius 3 is 1.60 bits per heavy atom. The summed E-state index contributed by atoms with van der Waals surface area (Å²) in [5.74, 6) is 1.65. The minimum Gasteiger partial charge on any atom is -0.463 e. The Hall–Kier alpha value is -1.12. The molecular formula is C12H24N2O. The third-order valence-corrected chi connectivity index (χ3v) is 2.19. The van der Waals surface area contributed by atoms with Crippen LogP contribution in [0.3, 0.4) is 0 Å². The highest BCUT2D eigenvalue weighted by atomic mass is 16.5. The highest BCUT2D eigenvalue weighted by Crippen LogP contribution is 2.16. The van der Waals surface area contributed by atoms with Crippen molar-refractivity contribution in [2.24, 2.45) is 11.5 Å². The van der Waals surface area contributed by atoms with Crippen molar-refractivity contribution in [1.29, 1.82) is 0 Å². The van der Waals surface area contributed by atoms with Gasteiger partial charge in [0.25, 0.3) is 0 Å². The van der Waals surface area contributed by atoms with E-state index in [1.165, 1.54) is 12.4 Å². The average Bonchev–Trinajstić information content (AvgIpc) is 2.28. The Labute approximate surface area is 93.2 Å².